The number of sulfonamides is 1. The minimum absolute atomic E-state index is 0.0799. The summed E-state index contributed by atoms with van der Waals surface area (Å²) in [7, 11) is -3.84. The molecule has 0 aliphatic rings. The van der Waals surface area contributed by atoms with Crippen LogP contribution in [0.4, 0.5) is 5.69 Å². The number of primary sulfonamides is 1. The number of nitrogens with one attached hydrogen (secondary N) is 1. The summed E-state index contributed by atoms with van der Waals surface area (Å²) in [4.78, 5) is 30.2. The van der Waals surface area contributed by atoms with Gasteiger partial charge in [0.2, 0.25) is 10.0 Å². The van der Waals surface area contributed by atoms with E-state index in [1.165, 1.54) is 31.2 Å². The predicted octanol–water partition coefficient (Wildman–Crippen LogP) is 3.73. The maximum Gasteiger partial charge on any atom is 0.339 e. The number of rotatable bonds is 6. The number of pyridine rings is 1. The zero-order chi connectivity index (χ0) is 24.3. The molecule has 9 heteroatoms. The molecule has 0 spiro atoms. The summed E-state index contributed by atoms with van der Waals surface area (Å²) in [5.74, 6) is -1.23. The number of carbonyl (C=O) groups is 2. The van der Waals surface area contributed by atoms with Gasteiger partial charge in [0.15, 0.2) is 6.10 Å². The Balaban J connectivity index is 1.55. The van der Waals surface area contributed by atoms with Gasteiger partial charge in [-0.3, -0.25) is 4.79 Å². The summed E-state index contributed by atoms with van der Waals surface area (Å²) >= 11 is 0. The van der Waals surface area contributed by atoms with E-state index in [-0.39, 0.29) is 4.90 Å². The molecule has 3 aromatic carbocycles. The topological polar surface area (TPSA) is 128 Å². The zero-order valence-corrected chi connectivity index (χ0v) is 19.0. The molecule has 1 atom stereocenters. The highest BCUT2D eigenvalue weighted by Gasteiger charge is 2.22. The predicted molar refractivity (Wildman–Crippen MR) is 129 cm³/mol. The Morgan fingerprint density at radius 2 is 1.59 bits per heavy atom. The second-order valence-electron chi connectivity index (χ2n) is 7.54. The van der Waals surface area contributed by atoms with Gasteiger partial charge in [-0.1, -0.05) is 48.5 Å². The highest BCUT2D eigenvalue weighted by atomic mass is 32.2. The number of benzene rings is 3. The van der Waals surface area contributed by atoms with Crippen LogP contribution < -0.4 is 10.5 Å². The number of nitrogens with two attached hydrogens (primary N) is 1. The van der Waals surface area contributed by atoms with Crippen LogP contribution in [0.3, 0.4) is 0 Å². The molecule has 0 radical (unpaired) electrons. The smallest absolute Gasteiger partial charge is 0.339 e. The molecule has 34 heavy (non-hydrogen) atoms. The molecule has 4 rings (SSSR count). The Bertz CT molecular complexity index is 1470. The van der Waals surface area contributed by atoms with Gasteiger partial charge in [0.05, 0.1) is 21.7 Å². The minimum atomic E-state index is -3.84. The second kappa shape index (κ2) is 9.42. The maximum atomic E-state index is 13.1. The van der Waals surface area contributed by atoms with Gasteiger partial charge in [-0.05, 0) is 43.3 Å². The molecule has 8 nitrogen and oxygen atoms in total. The third-order valence-corrected chi connectivity index (χ3v) is 6.04. The number of carbonyl (C=O) groups excluding carboxylic acids is 2. The number of esters is 1. The van der Waals surface area contributed by atoms with Gasteiger partial charge in [-0.15, -0.1) is 0 Å². The first-order chi connectivity index (χ1) is 16.2. The van der Waals surface area contributed by atoms with Crippen LogP contribution >= 0.6 is 0 Å². The fourth-order valence-corrected chi connectivity index (χ4v) is 3.87. The van der Waals surface area contributed by atoms with Gasteiger partial charge in [-0.2, -0.15) is 0 Å². The van der Waals surface area contributed by atoms with Crippen molar-refractivity contribution in [1.29, 1.82) is 0 Å². The Kier molecular flexibility index (Phi) is 6.40. The van der Waals surface area contributed by atoms with Crippen LogP contribution in [0, 0.1) is 0 Å². The van der Waals surface area contributed by atoms with E-state index in [0.717, 1.165) is 5.56 Å². The van der Waals surface area contributed by atoms with Crippen LogP contribution in [0.1, 0.15) is 17.3 Å². The lowest BCUT2D eigenvalue weighted by molar-refractivity contribution is -0.123. The van der Waals surface area contributed by atoms with Crippen LogP contribution in [0.15, 0.2) is 89.8 Å². The van der Waals surface area contributed by atoms with Crippen molar-refractivity contribution in [3.63, 3.8) is 0 Å². The van der Waals surface area contributed by atoms with Crippen molar-refractivity contribution in [3.8, 4) is 11.3 Å². The van der Waals surface area contributed by atoms with Crippen molar-refractivity contribution < 1.29 is 22.7 Å². The fourth-order valence-electron chi connectivity index (χ4n) is 3.35. The zero-order valence-electron chi connectivity index (χ0n) is 18.1. The third-order valence-electron chi connectivity index (χ3n) is 5.11. The van der Waals surface area contributed by atoms with Gasteiger partial charge in [0.1, 0.15) is 0 Å². The number of anilines is 1. The molecule has 4 aromatic rings. The van der Waals surface area contributed by atoms with E-state index in [1.54, 1.807) is 24.3 Å². The molecular formula is C25H21N3O5S. The van der Waals surface area contributed by atoms with Gasteiger partial charge < -0.3 is 10.1 Å². The Labute approximate surface area is 196 Å². The van der Waals surface area contributed by atoms with Crippen LogP contribution in [0.5, 0.6) is 0 Å². The van der Waals surface area contributed by atoms with Crippen LogP contribution in [-0.2, 0) is 19.6 Å². The molecule has 1 heterocycles. The molecule has 0 unspecified atom stereocenters. The lowest BCUT2D eigenvalue weighted by atomic mass is 10.0. The molecule has 172 valence electrons. The van der Waals surface area contributed by atoms with E-state index in [9.17, 15) is 18.0 Å². The number of fused-ring (bicyclic) bond motifs is 1. The van der Waals surface area contributed by atoms with E-state index >= 15 is 0 Å². The summed E-state index contributed by atoms with van der Waals surface area (Å²) in [6.45, 7) is 1.45. The number of ether oxygens (including phenoxy) is 1. The van der Waals surface area contributed by atoms with Crippen molar-refractivity contribution in [2.75, 3.05) is 5.32 Å². The minimum Gasteiger partial charge on any atom is -0.449 e. The average molecular weight is 476 g/mol. The molecule has 0 saturated carbocycles. The molecule has 0 bridgehead atoms. The second-order valence-corrected chi connectivity index (χ2v) is 9.11. The molecule has 1 amide bonds. The molecule has 0 fully saturated rings. The first-order valence-corrected chi connectivity index (χ1v) is 11.9. The summed E-state index contributed by atoms with van der Waals surface area (Å²) in [5.41, 5.74) is 2.71. The molecular weight excluding hydrogens is 454 g/mol. The van der Waals surface area contributed by atoms with E-state index in [2.05, 4.69) is 10.3 Å². The molecule has 0 aliphatic heterocycles. The Hall–Kier alpha value is -4.08. The summed E-state index contributed by atoms with van der Waals surface area (Å²) in [6.07, 6.45) is -1.11. The standard InChI is InChI=1S/C25H21N3O5S/c1-16(24(29)27-18-11-13-19(14-12-18)34(26,31)32)33-25(30)21-15-23(17-7-3-2-4-8-17)28-22-10-6-5-9-20(21)22/h2-16H,1H3,(H,27,29)(H2,26,31,32)/t16-/m0/s1. The van der Waals surface area contributed by atoms with Gasteiger partial charge in [0.25, 0.3) is 5.91 Å². The third kappa shape index (κ3) is 5.11. The molecule has 0 aliphatic carbocycles. The number of amides is 1. The lowest BCUT2D eigenvalue weighted by Gasteiger charge is -2.15. The first-order valence-electron chi connectivity index (χ1n) is 10.3. The normalized spacial score (nSPS) is 12.2. The number of para-hydroxylation sites is 1. The Morgan fingerprint density at radius 3 is 2.26 bits per heavy atom. The van der Waals surface area contributed by atoms with E-state index in [4.69, 9.17) is 9.88 Å². The summed E-state index contributed by atoms with van der Waals surface area (Å²) in [5, 5.41) is 8.27. The Morgan fingerprint density at radius 1 is 0.941 bits per heavy atom. The highest BCUT2D eigenvalue weighted by Crippen LogP contribution is 2.25. The molecule has 0 saturated heterocycles. The quantitative estimate of drug-likeness (QED) is 0.409. The number of hydrogen-bond donors (Lipinski definition) is 2. The van der Waals surface area contributed by atoms with Gasteiger partial charge >= 0.3 is 5.97 Å². The number of aromatic nitrogens is 1. The largest absolute Gasteiger partial charge is 0.449 e. The fraction of sp³-hybridized carbons (Fsp3) is 0.0800. The maximum absolute atomic E-state index is 13.1. The lowest BCUT2D eigenvalue weighted by Crippen LogP contribution is -2.30. The number of nitrogens with zero attached hydrogens (tertiary/aromatic N) is 1. The highest BCUT2D eigenvalue weighted by molar-refractivity contribution is 7.89. The van der Waals surface area contributed by atoms with Crippen LogP contribution in [0.25, 0.3) is 22.2 Å². The van der Waals surface area contributed by atoms with Crippen molar-refractivity contribution in [2.24, 2.45) is 5.14 Å². The van der Waals surface area contributed by atoms with Gasteiger partial charge in [0, 0.05) is 16.6 Å². The SMILES string of the molecule is C[C@H](OC(=O)c1cc(-c2ccccc2)nc2ccccc12)C(=O)Nc1ccc(S(N)(=O)=O)cc1. The average Bonchev–Trinajstić information content (AvgIpc) is 2.83. The molecule has 3 N–H and O–H groups in total. The van der Waals surface area contributed by atoms with E-state index < -0.39 is 28.0 Å². The van der Waals surface area contributed by atoms with Crippen molar-refractivity contribution in [2.45, 2.75) is 17.9 Å². The molecule has 1 aromatic heterocycles. The van der Waals surface area contributed by atoms with Crippen LogP contribution in [-0.4, -0.2) is 31.4 Å². The van der Waals surface area contributed by atoms with E-state index in [0.29, 0.717) is 27.8 Å². The van der Waals surface area contributed by atoms with Gasteiger partial charge in [-0.25, -0.2) is 23.3 Å². The number of hydrogen-bond acceptors (Lipinski definition) is 6. The van der Waals surface area contributed by atoms with Crippen molar-refractivity contribution in [1.82, 2.24) is 4.98 Å². The first kappa shape index (κ1) is 23.1. The monoisotopic (exact) mass is 475 g/mol. The van der Waals surface area contributed by atoms with Crippen molar-refractivity contribution >= 4 is 38.5 Å². The summed E-state index contributed by atoms with van der Waals surface area (Å²) in [6, 6.07) is 23.6. The van der Waals surface area contributed by atoms with E-state index in [1.807, 2.05) is 36.4 Å². The summed E-state index contributed by atoms with van der Waals surface area (Å²) < 4.78 is 28.2. The van der Waals surface area contributed by atoms with Crippen LogP contribution in [0.2, 0.25) is 0 Å². The van der Waals surface area contributed by atoms with Crippen molar-refractivity contribution in [3.05, 3.63) is 90.5 Å².